The van der Waals surface area contributed by atoms with Crippen LogP contribution in [0.2, 0.25) is 0 Å². The van der Waals surface area contributed by atoms with E-state index in [0.717, 1.165) is 0 Å². The van der Waals surface area contributed by atoms with Crippen molar-refractivity contribution < 1.29 is 22.6 Å². The van der Waals surface area contributed by atoms with E-state index in [2.05, 4.69) is 10.3 Å². The lowest BCUT2D eigenvalue weighted by molar-refractivity contribution is -0.143. The summed E-state index contributed by atoms with van der Waals surface area (Å²) in [5.74, 6) is 0.682. The lowest BCUT2D eigenvalue weighted by Crippen LogP contribution is -2.16. The summed E-state index contributed by atoms with van der Waals surface area (Å²) < 4.78 is 50.2. The van der Waals surface area contributed by atoms with Gasteiger partial charge in [0.1, 0.15) is 5.69 Å². The molecule has 0 radical (unpaired) electrons. The third-order valence-corrected chi connectivity index (χ3v) is 2.81. The van der Waals surface area contributed by atoms with Gasteiger partial charge in [0.25, 0.3) is 0 Å². The van der Waals surface area contributed by atoms with Gasteiger partial charge >= 0.3 is 6.18 Å². The first-order valence-corrected chi connectivity index (χ1v) is 5.86. The van der Waals surface area contributed by atoms with Gasteiger partial charge in [-0.25, -0.2) is 4.68 Å². The smallest absolute Gasteiger partial charge is 0.435 e. The van der Waals surface area contributed by atoms with Crippen molar-refractivity contribution in [2.45, 2.75) is 12.7 Å². The fourth-order valence-corrected chi connectivity index (χ4v) is 1.87. The van der Waals surface area contributed by atoms with Crippen LogP contribution in [-0.2, 0) is 12.7 Å². The number of rotatable bonds is 4. The van der Waals surface area contributed by atoms with Crippen molar-refractivity contribution in [3.05, 3.63) is 29.6 Å². The molecule has 1 aromatic heterocycles. The van der Waals surface area contributed by atoms with E-state index in [-0.39, 0.29) is 23.7 Å². The summed E-state index contributed by atoms with van der Waals surface area (Å²) in [7, 11) is 2.82. The number of hydrogen-bond donors (Lipinski definition) is 1. The van der Waals surface area contributed by atoms with Crippen LogP contribution < -0.4 is 15.2 Å². The van der Waals surface area contributed by atoms with Gasteiger partial charge in [0, 0.05) is 12.6 Å². The van der Waals surface area contributed by atoms with Gasteiger partial charge in [0.2, 0.25) is 0 Å². The number of benzene rings is 1. The Labute approximate surface area is 118 Å². The van der Waals surface area contributed by atoms with Crippen LogP contribution in [0, 0.1) is 0 Å². The summed E-state index contributed by atoms with van der Waals surface area (Å²) in [6.07, 6.45) is -4.62. The van der Waals surface area contributed by atoms with E-state index < -0.39 is 11.9 Å². The van der Waals surface area contributed by atoms with E-state index in [4.69, 9.17) is 15.2 Å². The van der Waals surface area contributed by atoms with Gasteiger partial charge < -0.3 is 15.2 Å². The molecule has 0 spiro atoms. The van der Waals surface area contributed by atoms with Crippen molar-refractivity contribution in [3.8, 4) is 17.2 Å². The molecule has 2 rings (SSSR count). The van der Waals surface area contributed by atoms with Crippen molar-refractivity contribution in [1.29, 1.82) is 0 Å². The molecular weight excluding hydrogens is 289 g/mol. The molecule has 1 heterocycles. The maximum Gasteiger partial charge on any atom is 0.435 e. The van der Waals surface area contributed by atoms with Crippen LogP contribution in [-0.4, -0.2) is 29.2 Å². The highest BCUT2D eigenvalue weighted by Crippen LogP contribution is 2.34. The van der Waals surface area contributed by atoms with Crippen LogP contribution in [0.3, 0.4) is 0 Å². The SMILES string of the molecule is COc1ccc(-n2nnc(CN)c2C(F)(F)F)cc1OC. The Morgan fingerprint density at radius 1 is 1.19 bits per heavy atom. The molecule has 0 atom stereocenters. The number of hydrogen-bond acceptors (Lipinski definition) is 5. The van der Waals surface area contributed by atoms with Crippen molar-refractivity contribution >= 4 is 0 Å². The van der Waals surface area contributed by atoms with Gasteiger partial charge in [-0.3, -0.25) is 0 Å². The van der Waals surface area contributed by atoms with Crippen LogP contribution in [0.1, 0.15) is 11.4 Å². The van der Waals surface area contributed by atoms with Crippen molar-refractivity contribution in [2.24, 2.45) is 5.73 Å². The first kappa shape index (κ1) is 15.1. The number of methoxy groups -OCH3 is 2. The Bertz CT molecular complexity index is 640. The molecule has 0 saturated heterocycles. The molecule has 0 aliphatic heterocycles. The van der Waals surface area contributed by atoms with E-state index in [1.54, 1.807) is 0 Å². The number of nitrogens with zero attached hydrogens (tertiary/aromatic N) is 3. The normalized spacial score (nSPS) is 11.5. The van der Waals surface area contributed by atoms with E-state index >= 15 is 0 Å². The zero-order valence-corrected chi connectivity index (χ0v) is 11.3. The summed E-state index contributed by atoms with van der Waals surface area (Å²) in [5, 5.41) is 7.00. The maximum absolute atomic E-state index is 13.1. The minimum Gasteiger partial charge on any atom is -0.493 e. The van der Waals surface area contributed by atoms with Gasteiger partial charge in [-0.05, 0) is 12.1 Å². The van der Waals surface area contributed by atoms with Gasteiger partial charge in [-0.1, -0.05) is 5.21 Å². The second kappa shape index (κ2) is 5.60. The predicted octanol–water partition coefficient (Wildman–Crippen LogP) is 1.76. The standard InChI is InChI=1S/C12H13F3N4O2/c1-20-9-4-3-7(5-10(9)21-2)19-11(12(13,14)15)8(6-16)17-18-19/h3-5H,6,16H2,1-2H3. The second-order valence-corrected chi connectivity index (χ2v) is 4.04. The minimum atomic E-state index is -4.62. The molecule has 6 nitrogen and oxygen atoms in total. The molecule has 114 valence electrons. The molecule has 0 amide bonds. The van der Waals surface area contributed by atoms with Crippen molar-refractivity contribution in [1.82, 2.24) is 15.0 Å². The van der Waals surface area contributed by atoms with Gasteiger partial charge in [-0.2, -0.15) is 13.2 Å². The molecule has 1 aromatic carbocycles. The quantitative estimate of drug-likeness (QED) is 0.931. The third kappa shape index (κ3) is 2.77. The zero-order chi connectivity index (χ0) is 15.6. The molecule has 0 aliphatic rings. The number of alkyl halides is 3. The minimum absolute atomic E-state index is 0.146. The van der Waals surface area contributed by atoms with Crippen LogP contribution in [0.25, 0.3) is 5.69 Å². The lowest BCUT2D eigenvalue weighted by atomic mass is 10.2. The Kier molecular flexibility index (Phi) is 4.03. The van der Waals surface area contributed by atoms with Crippen LogP contribution in [0.15, 0.2) is 18.2 Å². The summed E-state index contributed by atoms with van der Waals surface area (Å²) in [6.45, 7) is -0.359. The average molecular weight is 302 g/mol. The van der Waals surface area contributed by atoms with Gasteiger partial charge in [0.15, 0.2) is 17.2 Å². The molecule has 9 heteroatoms. The van der Waals surface area contributed by atoms with E-state index in [1.165, 1.54) is 32.4 Å². The van der Waals surface area contributed by atoms with Crippen LogP contribution in [0.4, 0.5) is 13.2 Å². The Balaban J connectivity index is 2.60. The van der Waals surface area contributed by atoms with Gasteiger partial charge in [-0.15, -0.1) is 5.10 Å². The Morgan fingerprint density at radius 2 is 1.86 bits per heavy atom. The highest BCUT2D eigenvalue weighted by atomic mass is 19.4. The molecule has 2 aromatic rings. The maximum atomic E-state index is 13.1. The second-order valence-electron chi connectivity index (χ2n) is 4.04. The first-order chi connectivity index (χ1) is 9.92. The average Bonchev–Trinajstić information content (AvgIpc) is 2.90. The van der Waals surface area contributed by atoms with Crippen molar-refractivity contribution in [2.75, 3.05) is 14.2 Å². The topological polar surface area (TPSA) is 75.2 Å². The van der Waals surface area contributed by atoms with Crippen LogP contribution >= 0.6 is 0 Å². The number of nitrogens with two attached hydrogens (primary N) is 1. The molecule has 0 fully saturated rings. The summed E-state index contributed by atoms with van der Waals surface area (Å²) in [5.41, 5.74) is 4.10. The lowest BCUT2D eigenvalue weighted by Gasteiger charge is -2.13. The van der Waals surface area contributed by atoms with E-state index in [0.29, 0.717) is 10.4 Å². The fourth-order valence-electron chi connectivity index (χ4n) is 1.87. The van der Waals surface area contributed by atoms with Crippen molar-refractivity contribution in [3.63, 3.8) is 0 Å². The molecule has 0 bridgehead atoms. The number of halogens is 3. The summed E-state index contributed by atoms with van der Waals surface area (Å²) in [6, 6.07) is 4.28. The Morgan fingerprint density at radius 3 is 2.38 bits per heavy atom. The monoisotopic (exact) mass is 302 g/mol. The predicted molar refractivity (Wildman–Crippen MR) is 67.4 cm³/mol. The largest absolute Gasteiger partial charge is 0.493 e. The zero-order valence-electron chi connectivity index (χ0n) is 11.3. The Hall–Kier alpha value is -2.29. The summed E-state index contributed by atoms with van der Waals surface area (Å²) in [4.78, 5) is 0. The van der Waals surface area contributed by atoms with E-state index in [9.17, 15) is 13.2 Å². The van der Waals surface area contributed by atoms with Crippen LogP contribution in [0.5, 0.6) is 11.5 Å². The molecule has 2 N–H and O–H groups in total. The highest BCUT2D eigenvalue weighted by Gasteiger charge is 2.39. The molecule has 21 heavy (non-hydrogen) atoms. The van der Waals surface area contributed by atoms with Gasteiger partial charge in [0.05, 0.1) is 19.9 Å². The van der Waals surface area contributed by atoms with E-state index in [1.807, 2.05) is 0 Å². The number of ether oxygens (including phenoxy) is 2. The third-order valence-electron chi connectivity index (χ3n) is 2.81. The first-order valence-electron chi connectivity index (χ1n) is 5.86. The fraction of sp³-hybridized carbons (Fsp3) is 0.333. The number of aromatic nitrogens is 3. The molecule has 0 unspecified atom stereocenters. The summed E-state index contributed by atoms with van der Waals surface area (Å²) >= 11 is 0. The molecular formula is C12H13F3N4O2. The highest BCUT2D eigenvalue weighted by molar-refractivity contribution is 5.49. The molecule has 0 saturated carbocycles. The molecule has 0 aliphatic carbocycles.